The van der Waals surface area contributed by atoms with Crippen molar-refractivity contribution in [3.63, 3.8) is 0 Å². The smallest absolute Gasteiger partial charge is 0.305 e. The van der Waals surface area contributed by atoms with Crippen LogP contribution in [-0.2, 0) is 22.4 Å². The van der Waals surface area contributed by atoms with Gasteiger partial charge in [0.05, 0.1) is 12.1 Å². The predicted molar refractivity (Wildman–Crippen MR) is 90.4 cm³/mol. The van der Waals surface area contributed by atoms with Gasteiger partial charge < -0.3 is 15.4 Å². The van der Waals surface area contributed by atoms with Gasteiger partial charge in [-0.3, -0.25) is 9.79 Å². The molecule has 124 valence electrons. The zero-order chi connectivity index (χ0) is 16.2. The molecule has 0 unspecified atom stereocenters. The topological polar surface area (TPSA) is 75.6 Å². The molecule has 22 heavy (non-hydrogen) atoms. The Bertz CT molecular complexity index is 474. The second kappa shape index (κ2) is 11.0. The number of methoxy groups -OCH3 is 1. The lowest BCUT2D eigenvalue weighted by atomic mass is 10.2. The number of nitrogens with zero attached hydrogens (tertiary/aromatic N) is 2. The van der Waals surface area contributed by atoms with E-state index in [-0.39, 0.29) is 5.97 Å². The molecule has 0 atom stereocenters. The van der Waals surface area contributed by atoms with Gasteiger partial charge in [0, 0.05) is 44.1 Å². The van der Waals surface area contributed by atoms with Crippen molar-refractivity contribution in [2.75, 3.05) is 27.2 Å². The van der Waals surface area contributed by atoms with E-state index in [1.807, 2.05) is 6.20 Å². The summed E-state index contributed by atoms with van der Waals surface area (Å²) in [7, 11) is 3.17. The van der Waals surface area contributed by atoms with E-state index < -0.39 is 0 Å². The van der Waals surface area contributed by atoms with Crippen molar-refractivity contribution in [1.29, 1.82) is 0 Å². The molecular weight excluding hydrogens is 300 g/mol. The van der Waals surface area contributed by atoms with E-state index in [1.165, 1.54) is 12.0 Å². The third kappa shape index (κ3) is 7.40. The SMILES string of the molecule is CCc1cnc(CCNC(=NC)NCCCCC(=O)OC)s1. The number of hydrogen-bond acceptors (Lipinski definition) is 5. The third-order valence-electron chi connectivity index (χ3n) is 3.13. The van der Waals surface area contributed by atoms with Gasteiger partial charge in [-0.1, -0.05) is 6.92 Å². The van der Waals surface area contributed by atoms with Gasteiger partial charge in [-0.05, 0) is 19.3 Å². The van der Waals surface area contributed by atoms with Gasteiger partial charge in [0.15, 0.2) is 5.96 Å². The Balaban J connectivity index is 2.13. The maximum Gasteiger partial charge on any atom is 0.305 e. The van der Waals surface area contributed by atoms with Crippen LogP contribution in [0.5, 0.6) is 0 Å². The molecule has 6 nitrogen and oxygen atoms in total. The average Bonchev–Trinajstić information content (AvgIpc) is 3.00. The standard InChI is InChI=1S/C15H26N4O2S/c1-4-12-11-19-13(22-12)8-10-18-15(16-2)17-9-6-5-7-14(20)21-3/h11H,4-10H2,1-3H3,(H2,16,17,18). The summed E-state index contributed by atoms with van der Waals surface area (Å²) in [4.78, 5) is 20.9. The zero-order valence-electron chi connectivity index (χ0n) is 13.6. The molecule has 0 bridgehead atoms. The highest BCUT2D eigenvalue weighted by Gasteiger charge is 2.02. The van der Waals surface area contributed by atoms with E-state index in [0.717, 1.165) is 49.7 Å². The number of guanidine groups is 1. The number of nitrogens with one attached hydrogen (secondary N) is 2. The number of carbonyl (C=O) groups is 1. The molecular formula is C15H26N4O2S. The van der Waals surface area contributed by atoms with Crippen molar-refractivity contribution in [3.05, 3.63) is 16.1 Å². The molecule has 1 rings (SSSR count). The fraction of sp³-hybridized carbons (Fsp3) is 0.667. The molecule has 0 saturated carbocycles. The average molecular weight is 326 g/mol. The quantitative estimate of drug-likeness (QED) is 0.313. The van der Waals surface area contributed by atoms with E-state index in [9.17, 15) is 4.79 Å². The van der Waals surface area contributed by atoms with Crippen LogP contribution in [-0.4, -0.2) is 44.2 Å². The summed E-state index contributed by atoms with van der Waals surface area (Å²) in [5.74, 6) is 0.628. The van der Waals surface area contributed by atoms with Gasteiger partial charge in [0.2, 0.25) is 0 Å². The second-order valence-corrected chi connectivity index (χ2v) is 5.98. The molecule has 1 aromatic heterocycles. The normalized spacial score (nSPS) is 11.3. The molecule has 0 aliphatic rings. The number of carbonyl (C=O) groups excluding carboxylic acids is 1. The number of unbranched alkanes of at least 4 members (excludes halogenated alkanes) is 1. The van der Waals surface area contributed by atoms with E-state index in [2.05, 4.69) is 32.3 Å². The van der Waals surface area contributed by atoms with Crippen molar-refractivity contribution >= 4 is 23.3 Å². The Kier molecular flexibility index (Phi) is 9.21. The first-order chi connectivity index (χ1) is 10.7. The Morgan fingerprint density at radius 1 is 1.36 bits per heavy atom. The minimum Gasteiger partial charge on any atom is -0.469 e. The molecule has 1 heterocycles. The summed E-state index contributed by atoms with van der Waals surface area (Å²) in [6.07, 6.45) is 6.08. The van der Waals surface area contributed by atoms with Crippen LogP contribution < -0.4 is 10.6 Å². The van der Waals surface area contributed by atoms with Crippen LogP contribution in [0.3, 0.4) is 0 Å². The fourth-order valence-corrected chi connectivity index (χ4v) is 2.70. The van der Waals surface area contributed by atoms with Crippen molar-refractivity contribution in [2.45, 2.75) is 39.0 Å². The monoisotopic (exact) mass is 326 g/mol. The van der Waals surface area contributed by atoms with Crippen molar-refractivity contribution in [3.8, 4) is 0 Å². The molecule has 0 radical (unpaired) electrons. The predicted octanol–water partition coefficient (Wildman–Crippen LogP) is 1.76. The summed E-state index contributed by atoms with van der Waals surface area (Å²) in [5.41, 5.74) is 0. The van der Waals surface area contributed by atoms with Crippen LogP contribution in [0.4, 0.5) is 0 Å². The molecule has 7 heteroatoms. The van der Waals surface area contributed by atoms with Crippen LogP contribution in [0.1, 0.15) is 36.1 Å². The molecule has 0 amide bonds. The van der Waals surface area contributed by atoms with E-state index in [4.69, 9.17) is 0 Å². The van der Waals surface area contributed by atoms with Gasteiger partial charge in [-0.2, -0.15) is 0 Å². The van der Waals surface area contributed by atoms with E-state index in [1.54, 1.807) is 18.4 Å². The highest BCUT2D eigenvalue weighted by molar-refractivity contribution is 7.11. The van der Waals surface area contributed by atoms with Gasteiger partial charge in [0.1, 0.15) is 0 Å². The Morgan fingerprint density at radius 3 is 2.77 bits per heavy atom. The molecule has 0 saturated heterocycles. The van der Waals surface area contributed by atoms with Crippen molar-refractivity contribution < 1.29 is 9.53 Å². The first kappa shape index (κ1) is 18.4. The second-order valence-electron chi connectivity index (χ2n) is 4.78. The van der Waals surface area contributed by atoms with Crippen LogP contribution in [0.2, 0.25) is 0 Å². The van der Waals surface area contributed by atoms with Crippen LogP contribution in [0.15, 0.2) is 11.2 Å². The molecule has 0 aromatic carbocycles. The summed E-state index contributed by atoms with van der Waals surface area (Å²) >= 11 is 1.77. The molecule has 2 N–H and O–H groups in total. The number of hydrogen-bond donors (Lipinski definition) is 2. The van der Waals surface area contributed by atoms with Gasteiger partial charge >= 0.3 is 5.97 Å². The number of aromatic nitrogens is 1. The lowest BCUT2D eigenvalue weighted by molar-refractivity contribution is -0.140. The highest BCUT2D eigenvalue weighted by Crippen LogP contribution is 2.13. The number of ether oxygens (including phenoxy) is 1. The number of rotatable bonds is 9. The Morgan fingerprint density at radius 2 is 2.14 bits per heavy atom. The largest absolute Gasteiger partial charge is 0.469 e. The maximum atomic E-state index is 11.0. The van der Waals surface area contributed by atoms with E-state index >= 15 is 0 Å². The van der Waals surface area contributed by atoms with Gasteiger partial charge in [-0.25, -0.2) is 4.98 Å². The number of aliphatic imine (C=N–C) groups is 1. The van der Waals surface area contributed by atoms with Crippen LogP contribution in [0, 0.1) is 0 Å². The number of thiazole rings is 1. The molecule has 0 fully saturated rings. The zero-order valence-corrected chi connectivity index (χ0v) is 14.5. The fourth-order valence-electron chi connectivity index (χ4n) is 1.84. The first-order valence-electron chi connectivity index (χ1n) is 7.64. The van der Waals surface area contributed by atoms with Crippen molar-refractivity contribution in [1.82, 2.24) is 15.6 Å². The van der Waals surface area contributed by atoms with Gasteiger partial charge in [-0.15, -0.1) is 11.3 Å². The summed E-state index contributed by atoms with van der Waals surface area (Å²) in [5, 5.41) is 7.65. The van der Waals surface area contributed by atoms with E-state index in [0.29, 0.717) is 6.42 Å². The minimum absolute atomic E-state index is 0.155. The molecule has 1 aromatic rings. The number of aryl methyl sites for hydroxylation is 1. The Labute approximate surface area is 136 Å². The lowest BCUT2D eigenvalue weighted by Crippen LogP contribution is -2.38. The highest BCUT2D eigenvalue weighted by atomic mass is 32.1. The van der Waals surface area contributed by atoms with Gasteiger partial charge in [0.25, 0.3) is 0 Å². The summed E-state index contributed by atoms with van der Waals surface area (Å²) < 4.78 is 4.60. The molecule has 0 spiro atoms. The summed E-state index contributed by atoms with van der Waals surface area (Å²) in [6.45, 7) is 3.73. The maximum absolute atomic E-state index is 11.0. The van der Waals surface area contributed by atoms with Crippen LogP contribution >= 0.6 is 11.3 Å². The minimum atomic E-state index is -0.155. The van der Waals surface area contributed by atoms with Crippen LogP contribution in [0.25, 0.3) is 0 Å². The lowest BCUT2D eigenvalue weighted by Gasteiger charge is -2.11. The van der Waals surface area contributed by atoms with Crippen molar-refractivity contribution in [2.24, 2.45) is 4.99 Å². The molecule has 0 aliphatic heterocycles. The number of esters is 1. The third-order valence-corrected chi connectivity index (χ3v) is 4.33. The molecule has 0 aliphatic carbocycles. The Hall–Kier alpha value is -1.63. The first-order valence-corrected chi connectivity index (χ1v) is 8.46. The summed E-state index contributed by atoms with van der Waals surface area (Å²) in [6, 6.07) is 0.